The maximum atomic E-state index is 13.2. The van der Waals surface area contributed by atoms with Gasteiger partial charge in [0, 0.05) is 27.6 Å². The molecule has 0 aromatic heterocycles. The predicted octanol–water partition coefficient (Wildman–Crippen LogP) is 5.58. The molecule has 38 heavy (non-hydrogen) atoms. The zero-order valence-electron chi connectivity index (χ0n) is 20.4. The van der Waals surface area contributed by atoms with E-state index in [-0.39, 0.29) is 17.0 Å². The van der Waals surface area contributed by atoms with Gasteiger partial charge >= 0.3 is 0 Å². The summed E-state index contributed by atoms with van der Waals surface area (Å²) in [4.78, 5) is 25.4. The van der Waals surface area contributed by atoms with Gasteiger partial charge in [0.1, 0.15) is 6.04 Å². The number of non-ortho nitro benzene ring substituents is 1. The van der Waals surface area contributed by atoms with Crippen LogP contribution in [0.3, 0.4) is 0 Å². The number of nitro benzene ring substituents is 1. The molecule has 194 valence electrons. The van der Waals surface area contributed by atoms with Crippen LogP contribution in [-0.2, 0) is 21.2 Å². The molecule has 4 aromatic carbocycles. The molecule has 4 rings (SSSR count). The molecule has 0 heterocycles. The third kappa shape index (κ3) is 7.28. The van der Waals surface area contributed by atoms with Gasteiger partial charge in [-0.2, -0.15) is 4.72 Å². The van der Waals surface area contributed by atoms with Crippen molar-refractivity contribution < 1.29 is 18.1 Å². The third-order valence-corrected chi connectivity index (χ3v) is 8.14. The standard InChI is InChI=1S/C28H25N3O5S2/c1-20-7-17-26(18-8-20)38(35,36)30-27(19-21-5-3-2-4-6-21)28(32)29-22-9-13-24(14-10-22)37-25-15-11-23(12-16-25)31(33)34/h2-18,27,30H,19H2,1H3,(H,29,32)/t27-/m1/s1. The molecule has 0 unspecified atom stereocenters. The number of rotatable bonds is 10. The number of hydrogen-bond acceptors (Lipinski definition) is 6. The number of nitro groups is 1. The van der Waals surface area contributed by atoms with Gasteiger partial charge in [0.2, 0.25) is 15.9 Å². The molecule has 0 saturated carbocycles. The van der Waals surface area contributed by atoms with Crippen molar-refractivity contribution in [2.75, 3.05) is 5.32 Å². The lowest BCUT2D eigenvalue weighted by atomic mass is 10.1. The monoisotopic (exact) mass is 547 g/mol. The first kappa shape index (κ1) is 27.1. The lowest BCUT2D eigenvalue weighted by molar-refractivity contribution is -0.384. The van der Waals surface area contributed by atoms with Crippen LogP contribution in [0.25, 0.3) is 0 Å². The SMILES string of the molecule is Cc1ccc(S(=O)(=O)N[C@H](Cc2ccccc2)C(=O)Nc2ccc(Sc3ccc([N+](=O)[O-])cc3)cc2)cc1. The lowest BCUT2D eigenvalue weighted by Gasteiger charge is -2.19. The van der Waals surface area contributed by atoms with Crippen LogP contribution in [0.1, 0.15) is 11.1 Å². The Morgan fingerprint density at radius 1 is 0.868 bits per heavy atom. The third-order valence-electron chi connectivity index (χ3n) is 5.63. The summed E-state index contributed by atoms with van der Waals surface area (Å²) in [7, 11) is -3.94. The second kappa shape index (κ2) is 12.0. The van der Waals surface area contributed by atoms with Crippen molar-refractivity contribution in [3.63, 3.8) is 0 Å². The van der Waals surface area contributed by atoms with Gasteiger partial charge in [0.25, 0.3) is 5.69 Å². The summed E-state index contributed by atoms with van der Waals surface area (Å²) in [5.41, 5.74) is 2.28. The first-order valence-electron chi connectivity index (χ1n) is 11.7. The van der Waals surface area contributed by atoms with Crippen molar-refractivity contribution >= 4 is 39.1 Å². The molecular weight excluding hydrogens is 522 g/mol. The number of nitrogens with one attached hydrogen (secondary N) is 2. The average molecular weight is 548 g/mol. The minimum Gasteiger partial charge on any atom is -0.325 e. The number of amides is 1. The van der Waals surface area contributed by atoms with Gasteiger partial charge < -0.3 is 5.32 Å². The molecule has 0 bridgehead atoms. The number of anilines is 1. The summed E-state index contributed by atoms with van der Waals surface area (Å²) < 4.78 is 28.7. The van der Waals surface area contributed by atoms with E-state index < -0.39 is 26.9 Å². The van der Waals surface area contributed by atoms with Gasteiger partial charge in [-0.25, -0.2) is 8.42 Å². The summed E-state index contributed by atoms with van der Waals surface area (Å²) >= 11 is 1.42. The number of carbonyl (C=O) groups is 1. The topological polar surface area (TPSA) is 118 Å². The molecule has 10 heteroatoms. The van der Waals surface area contributed by atoms with Crippen molar-refractivity contribution in [2.24, 2.45) is 0 Å². The molecule has 0 spiro atoms. The lowest BCUT2D eigenvalue weighted by Crippen LogP contribution is -2.45. The number of aryl methyl sites for hydroxylation is 1. The van der Waals surface area contributed by atoms with Crippen LogP contribution in [-0.4, -0.2) is 25.3 Å². The second-order valence-electron chi connectivity index (χ2n) is 8.54. The van der Waals surface area contributed by atoms with Crippen LogP contribution in [0.2, 0.25) is 0 Å². The van der Waals surface area contributed by atoms with Crippen molar-refractivity contribution in [1.82, 2.24) is 4.72 Å². The largest absolute Gasteiger partial charge is 0.325 e. The molecule has 1 atom stereocenters. The van der Waals surface area contributed by atoms with E-state index in [1.807, 2.05) is 49.4 Å². The van der Waals surface area contributed by atoms with E-state index >= 15 is 0 Å². The number of nitrogens with zero attached hydrogens (tertiary/aromatic N) is 1. The van der Waals surface area contributed by atoms with Crippen LogP contribution < -0.4 is 10.0 Å². The van der Waals surface area contributed by atoms with E-state index in [4.69, 9.17) is 0 Å². The fraction of sp³-hybridized carbons (Fsp3) is 0.107. The van der Waals surface area contributed by atoms with Gasteiger partial charge in [0.05, 0.1) is 9.82 Å². The highest BCUT2D eigenvalue weighted by Gasteiger charge is 2.26. The van der Waals surface area contributed by atoms with Crippen LogP contribution in [0.15, 0.2) is 118 Å². The van der Waals surface area contributed by atoms with Crippen molar-refractivity contribution in [2.45, 2.75) is 34.1 Å². The van der Waals surface area contributed by atoms with E-state index in [1.54, 1.807) is 36.4 Å². The van der Waals surface area contributed by atoms with E-state index in [1.165, 1.54) is 36.0 Å². The van der Waals surface area contributed by atoms with Gasteiger partial charge in [0.15, 0.2) is 0 Å². The Kier molecular flexibility index (Phi) is 8.57. The number of hydrogen-bond donors (Lipinski definition) is 2. The quantitative estimate of drug-likeness (QED) is 0.198. The normalized spacial score (nSPS) is 12.0. The molecule has 0 aliphatic rings. The second-order valence-corrected chi connectivity index (χ2v) is 11.4. The zero-order valence-corrected chi connectivity index (χ0v) is 22.0. The molecule has 8 nitrogen and oxygen atoms in total. The highest BCUT2D eigenvalue weighted by Crippen LogP contribution is 2.30. The maximum Gasteiger partial charge on any atom is 0.269 e. The van der Waals surface area contributed by atoms with Crippen LogP contribution in [0.5, 0.6) is 0 Å². The van der Waals surface area contributed by atoms with E-state index in [2.05, 4.69) is 10.0 Å². The number of carbonyl (C=O) groups excluding carboxylic acids is 1. The van der Waals surface area contributed by atoms with Gasteiger partial charge in [-0.05, 0) is 67.4 Å². The van der Waals surface area contributed by atoms with E-state index in [0.29, 0.717) is 5.69 Å². The summed E-state index contributed by atoms with van der Waals surface area (Å²) in [6.45, 7) is 1.87. The summed E-state index contributed by atoms with van der Waals surface area (Å²) in [6, 6.07) is 27.9. The number of benzene rings is 4. The fourth-order valence-corrected chi connectivity index (χ4v) is 5.63. The maximum absolute atomic E-state index is 13.2. The average Bonchev–Trinajstić information content (AvgIpc) is 2.90. The summed E-state index contributed by atoms with van der Waals surface area (Å²) in [5.74, 6) is -0.486. The van der Waals surface area contributed by atoms with Gasteiger partial charge in [-0.1, -0.05) is 59.8 Å². The molecule has 0 aliphatic heterocycles. The van der Waals surface area contributed by atoms with Crippen LogP contribution >= 0.6 is 11.8 Å². The summed E-state index contributed by atoms with van der Waals surface area (Å²) in [6.07, 6.45) is 0.172. The van der Waals surface area contributed by atoms with Gasteiger partial charge in [-0.15, -0.1) is 0 Å². The van der Waals surface area contributed by atoms with Crippen molar-refractivity contribution in [3.05, 3.63) is 124 Å². The Labute approximate surface area is 225 Å². The molecule has 2 N–H and O–H groups in total. The van der Waals surface area contributed by atoms with Crippen LogP contribution in [0.4, 0.5) is 11.4 Å². The Morgan fingerprint density at radius 3 is 2.03 bits per heavy atom. The first-order valence-corrected chi connectivity index (χ1v) is 14.0. The predicted molar refractivity (Wildman–Crippen MR) is 148 cm³/mol. The zero-order chi connectivity index (χ0) is 27.1. The molecule has 4 aromatic rings. The highest BCUT2D eigenvalue weighted by atomic mass is 32.2. The molecular formula is C28H25N3O5S2. The molecule has 0 saturated heterocycles. The smallest absolute Gasteiger partial charge is 0.269 e. The molecule has 0 radical (unpaired) electrons. The molecule has 0 aliphatic carbocycles. The minimum atomic E-state index is -3.94. The van der Waals surface area contributed by atoms with Gasteiger partial charge in [-0.3, -0.25) is 14.9 Å². The number of sulfonamides is 1. The molecule has 1 amide bonds. The minimum absolute atomic E-state index is 0.0236. The summed E-state index contributed by atoms with van der Waals surface area (Å²) in [5, 5.41) is 13.6. The van der Waals surface area contributed by atoms with E-state index in [9.17, 15) is 23.3 Å². The Balaban J connectivity index is 1.47. The fourth-order valence-electron chi connectivity index (χ4n) is 3.62. The Morgan fingerprint density at radius 2 is 1.45 bits per heavy atom. The highest BCUT2D eigenvalue weighted by molar-refractivity contribution is 7.99. The Bertz CT molecular complexity index is 1510. The first-order chi connectivity index (χ1) is 18.2. The molecule has 0 fully saturated rings. The van der Waals surface area contributed by atoms with Crippen molar-refractivity contribution in [3.8, 4) is 0 Å². The van der Waals surface area contributed by atoms with Crippen LogP contribution in [0, 0.1) is 17.0 Å². The van der Waals surface area contributed by atoms with Crippen molar-refractivity contribution in [1.29, 1.82) is 0 Å². The van der Waals surface area contributed by atoms with E-state index in [0.717, 1.165) is 20.9 Å². The Hall–Kier alpha value is -3.99.